The zero-order chi connectivity index (χ0) is 45.3. The van der Waals surface area contributed by atoms with E-state index in [2.05, 4.69) is 269 Å². The molecule has 0 bridgehead atoms. The zero-order valence-corrected chi connectivity index (χ0v) is 37.8. The van der Waals surface area contributed by atoms with Crippen molar-refractivity contribution in [3.05, 3.63) is 248 Å². The lowest BCUT2D eigenvalue weighted by atomic mass is 9.98. The van der Waals surface area contributed by atoms with Gasteiger partial charge in [0.05, 0.1) is 33.1 Å². The molecule has 0 N–H and O–H groups in total. The molecule has 3 heterocycles. The Kier molecular flexibility index (Phi) is 9.22. The number of aryl methyl sites for hydroxylation is 2. The molecule has 0 aliphatic carbocycles. The summed E-state index contributed by atoms with van der Waals surface area (Å²) in [7, 11) is 0. The van der Waals surface area contributed by atoms with E-state index in [1.165, 1.54) is 32.7 Å². The molecule has 0 saturated heterocycles. The van der Waals surface area contributed by atoms with Crippen molar-refractivity contribution in [1.29, 1.82) is 0 Å². The van der Waals surface area contributed by atoms with E-state index in [0.717, 1.165) is 89.7 Å². The van der Waals surface area contributed by atoms with Gasteiger partial charge in [0.25, 0.3) is 0 Å². The van der Waals surface area contributed by atoms with Crippen LogP contribution in [0.2, 0.25) is 0 Å². The van der Waals surface area contributed by atoms with Crippen LogP contribution in [-0.4, -0.2) is 18.7 Å². The number of imidazole rings is 1. The van der Waals surface area contributed by atoms with Crippen LogP contribution in [0.5, 0.6) is 0 Å². The maximum atomic E-state index is 5.45. The third kappa shape index (κ3) is 6.51. The van der Waals surface area contributed by atoms with Crippen molar-refractivity contribution >= 4 is 71.7 Å². The van der Waals surface area contributed by atoms with Gasteiger partial charge in [-0.25, -0.2) is 4.98 Å². The van der Waals surface area contributed by atoms with Gasteiger partial charge in [0.15, 0.2) is 0 Å². The summed E-state index contributed by atoms with van der Waals surface area (Å²) in [6.07, 6.45) is 0. The Hall–Kier alpha value is -8.93. The highest BCUT2D eigenvalue weighted by molar-refractivity contribution is 6.11. The Morgan fingerprint density at radius 1 is 0.309 bits per heavy atom. The lowest BCUT2D eigenvalue weighted by Crippen LogP contribution is -2.11. The van der Waals surface area contributed by atoms with Gasteiger partial charge in [0.1, 0.15) is 5.82 Å². The molecule has 10 aromatic carbocycles. The fourth-order valence-electron chi connectivity index (χ4n) is 10.4. The molecule has 0 radical (unpaired) electrons. The summed E-state index contributed by atoms with van der Waals surface area (Å²) in [5, 5.41) is 4.90. The number of fused-ring (bicyclic) bond motifs is 7. The number of aromatic nitrogens is 4. The number of hydrogen-bond acceptors (Lipinski definition) is 2. The fraction of sp³-hybridized carbons (Fsp3) is 0.0317. The van der Waals surface area contributed by atoms with E-state index in [0.29, 0.717) is 0 Å². The molecule has 0 unspecified atom stereocenters. The molecule has 3 aromatic heterocycles. The number of rotatable bonds is 8. The molecule has 0 fully saturated rings. The van der Waals surface area contributed by atoms with E-state index in [9.17, 15) is 0 Å². The average Bonchev–Trinajstić information content (AvgIpc) is 4.06. The van der Waals surface area contributed by atoms with E-state index < -0.39 is 0 Å². The molecule has 13 aromatic rings. The lowest BCUT2D eigenvalue weighted by molar-refractivity contribution is 1.10. The molecular formula is C63H45N5. The van der Waals surface area contributed by atoms with Gasteiger partial charge in [-0.05, 0) is 134 Å². The van der Waals surface area contributed by atoms with E-state index >= 15 is 0 Å². The van der Waals surface area contributed by atoms with Crippen molar-refractivity contribution < 1.29 is 0 Å². The summed E-state index contributed by atoms with van der Waals surface area (Å²) in [5.74, 6) is 0.870. The van der Waals surface area contributed by atoms with Crippen LogP contribution in [0.15, 0.2) is 237 Å². The van der Waals surface area contributed by atoms with Crippen molar-refractivity contribution in [2.45, 2.75) is 13.8 Å². The highest BCUT2D eigenvalue weighted by Gasteiger charge is 2.22. The van der Waals surface area contributed by atoms with Crippen LogP contribution in [-0.2, 0) is 0 Å². The third-order valence-corrected chi connectivity index (χ3v) is 13.5. The number of hydrogen-bond donors (Lipinski definition) is 0. The maximum Gasteiger partial charge on any atom is 0.145 e. The van der Waals surface area contributed by atoms with Gasteiger partial charge >= 0.3 is 0 Å². The van der Waals surface area contributed by atoms with Crippen LogP contribution in [0, 0.1) is 13.8 Å². The molecule has 0 saturated carbocycles. The zero-order valence-electron chi connectivity index (χ0n) is 37.8. The first-order valence-corrected chi connectivity index (χ1v) is 23.3. The molecule has 5 heteroatoms. The van der Waals surface area contributed by atoms with Crippen molar-refractivity contribution in [1.82, 2.24) is 18.7 Å². The fourth-order valence-corrected chi connectivity index (χ4v) is 10.4. The quantitative estimate of drug-likeness (QED) is 0.152. The minimum absolute atomic E-state index is 0.870. The van der Waals surface area contributed by atoms with Gasteiger partial charge in [0, 0.05) is 61.2 Å². The Morgan fingerprint density at radius 3 is 1.22 bits per heavy atom. The van der Waals surface area contributed by atoms with Crippen molar-refractivity contribution in [3.63, 3.8) is 0 Å². The molecule has 0 aliphatic heterocycles. The predicted molar refractivity (Wildman–Crippen MR) is 285 cm³/mol. The van der Waals surface area contributed by atoms with Crippen molar-refractivity contribution in [3.8, 4) is 39.6 Å². The van der Waals surface area contributed by atoms with Gasteiger partial charge in [-0.2, -0.15) is 0 Å². The SMILES string of the molecule is Cc1ccc(N(c2ccc(C)cc2)c2cc(-c3cc(-n4c5ccccc5c5ccccc54)cc(-n4c5ccccc5c5ccccc54)c3)cc(-c3nc4ccccc4n3-c3ccccc3)c2)cc1. The van der Waals surface area contributed by atoms with Crippen LogP contribution in [0.1, 0.15) is 11.1 Å². The van der Waals surface area contributed by atoms with Crippen LogP contribution in [0.3, 0.4) is 0 Å². The van der Waals surface area contributed by atoms with Crippen LogP contribution < -0.4 is 4.90 Å². The molecule has 13 rings (SSSR count). The van der Waals surface area contributed by atoms with E-state index in [1.54, 1.807) is 0 Å². The number of para-hydroxylation sites is 7. The Morgan fingerprint density at radius 2 is 0.721 bits per heavy atom. The number of nitrogens with zero attached hydrogens (tertiary/aromatic N) is 5. The van der Waals surface area contributed by atoms with Gasteiger partial charge in [-0.3, -0.25) is 4.57 Å². The maximum absolute atomic E-state index is 5.45. The Labute approximate surface area is 394 Å². The lowest BCUT2D eigenvalue weighted by Gasteiger charge is -2.27. The molecule has 5 nitrogen and oxygen atoms in total. The monoisotopic (exact) mass is 871 g/mol. The molecule has 0 amide bonds. The standard InChI is InChI=1S/C63H45N5/c1-42-28-32-48(33-29-42)65(49-34-30-43(2)31-35-49)50-37-44(36-46(40-50)63-64-57-22-10-15-27-62(57)68(63)47-16-4-3-5-17-47)45-38-51(66-58-23-11-6-18-53(58)54-19-7-12-24-59(54)66)41-52(39-45)67-60-25-13-8-20-55(60)56-21-9-14-26-61(56)67/h3-41H,1-2H3. The number of anilines is 3. The van der Waals surface area contributed by atoms with E-state index in [-0.39, 0.29) is 0 Å². The van der Waals surface area contributed by atoms with Crippen LogP contribution >= 0.6 is 0 Å². The van der Waals surface area contributed by atoms with Gasteiger partial charge in [-0.1, -0.05) is 139 Å². The summed E-state index contributed by atoms with van der Waals surface area (Å²) in [6.45, 7) is 4.29. The number of benzene rings is 10. The molecular weight excluding hydrogens is 827 g/mol. The second kappa shape index (κ2) is 15.9. The summed E-state index contributed by atoms with van der Waals surface area (Å²) in [5.41, 5.74) is 18.6. The summed E-state index contributed by atoms with van der Waals surface area (Å²) in [4.78, 5) is 7.83. The van der Waals surface area contributed by atoms with Gasteiger partial charge in [0.2, 0.25) is 0 Å². The first-order valence-electron chi connectivity index (χ1n) is 23.3. The first kappa shape index (κ1) is 39.4. The highest BCUT2D eigenvalue weighted by atomic mass is 15.1. The topological polar surface area (TPSA) is 30.9 Å². The van der Waals surface area contributed by atoms with Crippen LogP contribution in [0.4, 0.5) is 17.1 Å². The Bertz CT molecular complexity index is 3760. The minimum Gasteiger partial charge on any atom is -0.310 e. The summed E-state index contributed by atoms with van der Waals surface area (Å²) < 4.78 is 7.18. The smallest absolute Gasteiger partial charge is 0.145 e. The highest BCUT2D eigenvalue weighted by Crippen LogP contribution is 2.43. The molecule has 0 spiro atoms. The normalized spacial score (nSPS) is 11.7. The summed E-state index contributed by atoms with van der Waals surface area (Å²) in [6, 6.07) is 86.0. The van der Waals surface area contributed by atoms with Crippen LogP contribution in [0.25, 0.3) is 94.2 Å². The predicted octanol–water partition coefficient (Wildman–Crippen LogP) is 16.6. The second-order valence-corrected chi connectivity index (χ2v) is 17.8. The largest absolute Gasteiger partial charge is 0.310 e. The van der Waals surface area contributed by atoms with Gasteiger partial charge < -0.3 is 14.0 Å². The molecule has 0 atom stereocenters. The third-order valence-electron chi connectivity index (χ3n) is 13.5. The molecule has 68 heavy (non-hydrogen) atoms. The van der Waals surface area contributed by atoms with E-state index in [4.69, 9.17) is 4.98 Å². The average molecular weight is 872 g/mol. The Balaban J connectivity index is 1.15. The second-order valence-electron chi connectivity index (χ2n) is 17.8. The van der Waals surface area contributed by atoms with E-state index in [1.807, 2.05) is 0 Å². The summed E-state index contributed by atoms with van der Waals surface area (Å²) >= 11 is 0. The molecule has 0 aliphatic rings. The van der Waals surface area contributed by atoms with Crippen molar-refractivity contribution in [2.75, 3.05) is 4.90 Å². The first-order chi connectivity index (χ1) is 33.5. The van der Waals surface area contributed by atoms with Gasteiger partial charge in [-0.15, -0.1) is 0 Å². The minimum atomic E-state index is 0.870. The molecule has 322 valence electrons. The van der Waals surface area contributed by atoms with Crippen molar-refractivity contribution in [2.24, 2.45) is 0 Å².